The Morgan fingerprint density at radius 2 is 1.88 bits per heavy atom. The van der Waals surface area contributed by atoms with Crippen molar-refractivity contribution in [1.29, 1.82) is 0 Å². The number of ether oxygens (including phenoxy) is 3. The van der Waals surface area contributed by atoms with E-state index < -0.39 is 22.2 Å². The lowest BCUT2D eigenvalue weighted by atomic mass is 9.84. The van der Waals surface area contributed by atoms with Crippen LogP contribution in [0.5, 0.6) is 5.75 Å². The summed E-state index contributed by atoms with van der Waals surface area (Å²) >= 11 is 0. The standard InChI is InChI=1S/C24H28N2O7S/c27-15-22-24-20(13-17(32-22)14-23(28)26-8-10-31-11-9-26)19-12-16(6-7-21(19)33-24)25-34(29,30)18-4-2-1-3-5-18/h1-7,12,17,20,22,24-25,27H,8-11,13-15H2/t17-,20+,22-,24-/m0/s1. The summed E-state index contributed by atoms with van der Waals surface area (Å²) in [6.45, 7) is 1.97. The zero-order valence-corrected chi connectivity index (χ0v) is 19.4. The fourth-order valence-corrected chi connectivity index (χ4v) is 5.97. The second-order valence-electron chi connectivity index (χ2n) is 8.77. The molecule has 2 saturated heterocycles. The number of benzene rings is 2. The number of hydrogen-bond donors (Lipinski definition) is 2. The number of amides is 1. The molecule has 2 fully saturated rings. The van der Waals surface area contributed by atoms with Crippen molar-refractivity contribution in [2.45, 2.75) is 42.0 Å². The molecule has 2 aromatic rings. The Morgan fingerprint density at radius 3 is 2.62 bits per heavy atom. The minimum absolute atomic E-state index is 0.00644. The Kier molecular flexibility index (Phi) is 6.48. The van der Waals surface area contributed by atoms with E-state index in [2.05, 4.69) is 4.72 Å². The Bertz CT molecular complexity index is 1140. The van der Waals surface area contributed by atoms with Gasteiger partial charge in [-0.1, -0.05) is 18.2 Å². The molecule has 2 aromatic carbocycles. The highest BCUT2D eigenvalue weighted by molar-refractivity contribution is 7.92. The molecule has 0 unspecified atom stereocenters. The van der Waals surface area contributed by atoms with E-state index >= 15 is 0 Å². The van der Waals surface area contributed by atoms with Crippen molar-refractivity contribution in [3.63, 3.8) is 0 Å². The number of carbonyl (C=O) groups is 1. The predicted molar refractivity (Wildman–Crippen MR) is 123 cm³/mol. The molecule has 5 rings (SSSR count). The molecule has 34 heavy (non-hydrogen) atoms. The molecule has 182 valence electrons. The summed E-state index contributed by atoms with van der Waals surface area (Å²) in [5.74, 6) is 0.524. The van der Waals surface area contributed by atoms with E-state index in [0.29, 0.717) is 44.2 Å². The Labute approximate surface area is 198 Å². The largest absolute Gasteiger partial charge is 0.487 e. The molecular weight excluding hydrogens is 460 g/mol. The first-order valence-corrected chi connectivity index (χ1v) is 12.9. The van der Waals surface area contributed by atoms with Crippen LogP contribution in [-0.2, 0) is 24.3 Å². The van der Waals surface area contributed by atoms with Gasteiger partial charge in [0.25, 0.3) is 10.0 Å². The van der Waals surface area contributed by atoms with Crippen LogP contribution in [0.15, 0.2) is 53.4 Å². The fraction of sp³-hybridized carbons (Fsp3) is 0.458. The second kappa shape index (κ2) is 9.53. The molecule has 4 atom stereocenters. The van der Waals surface area contributed by atoms with Gasteiger partial charge in [0.1, 0.15) is 18.0 Å². The summed E-state index contributed by atoms with van der Waals surface area (Å²) in [5, 5.41) is 9.94. The lowest BCUT2D eigenvalue weighted by molar-refractivity contribution is -0.151. The van der Waals surface area contributed by atoms with Gasteiger partial charge in [0.15, 0.2) is 0 Å². The monoisotopic (exact) mass is 488 g/mol. The summed E-state index contributed by atoms with van der Waals surface area (Å²) in [6.07, 6.45) is -0.573. The molecule has 3 heterocycles. The van der Waals surface area contributed by atoms with Gasteiger partial charge in [-0.2, -0.15) is 0 Å². The average molecular weight is 489 g/mol. The van der Waals surface area contributed by atoms with Crippen molar-refractivity contribution in [2.75, 3.05) is 37.6 Å². The highest BCUT2D eigenvalue weighted by atomic mass is 32.2. The molecule has 10 heteroatoms. The number of nitrogens with one attached hydrogen (secondary N) is 1. The van der Waals surface area contributed by atoms with Crippen molar-refractivity contribution in [3.05, 3.63) is 54.1 Å². The van der Waals surface area contributed by atoms with Crippen LogP contribution in [0.25, 0.3) is 0 Å². The van der Waals surface area contributed by atoms with Crippen molar-refractivity contribution < 1.29 is 32.5 Å². The number of rotatable bonds is 6. The predicted octanol–water partition coefficient (Wildman–Crippen LogP) is 1.73. The van der Waals surface area contributed by atoms with Crippen molar-refractivity contribution in [3.8, 4) is 5.75 Å². The first-order valence-electron chi connectivity index (χ1n) is 11.4. The quantitative estimate of drug-likeness (QED) is 0.637. The highest BCUT2D eigenvalue weighted by Crippen LogP contribution is 2.47. The van der Waals surface area contributed by atoms with Crippen LogP contribution in [0, 0.1) is 0 Å². The third-order valence-electron chi connectivity index (χ3n) is 6.57. The number of morpholine rings is 1. The summed E-state index contributed by atoms with van der Waals surface area (Å²) in [4.78, 5) is 14.7. The maximum Gasteiger partial charge on any atom is 0.261 e. The van der Waals surface area contributed by atoms with Crippen LogP contribution in [-0.4, -0.2) is 75.6 Å². The van der Waals surface area contributed by atoms with Gasteiger partial charge in [0.05, 0.1) is 37.2 Å². The molecule has 0 radical (unpaired) electrons. The minimum Gasteiger partial charge on any atom is -0.487 e. The summed E-state index contributed by atoms with van der Waals surface area (Å²) < 4.78 is 45.6. The van der Waals surface area contributed by atoms with Gasteiger partial charge >= 0.3 is 0 Å². The molecule has 0 aromatic heterocycles. The molecule has 0 saturated carbocycles. The molecule has 1 amide bonds. The smallest absolute Gasteiger partial charge is 0.261 e. The Morgan fingerprint density at radius 1 is 1.12 bits per heavy atom. The highest BCUT2D eigenvalue weighted by Gasteiger charge is 2.46. The van der Waals surface area contributed by atoms with Crippen LogP contribution >= 0.6 is 0 Å². The zero-order chi connectivity index (χ0) is 23.7. The number of anilines is 1. The molecule has 9 nitrogen and oxygen atoms in total. The molecule has 0 spiro atoms. The maximum atomic E-state index is 12.8. The molecule has 3 aliphatic rings. The van der Waals surface area contributed by atoms with Crippen LogP contribution in [0.3, 0.4) is 0 Å². The summed E-state index contributed by atoms with van der Waals surface area (Å²) in [7, 11) is -3.73. The van der Waals surface area contributed by atoms with Crippen molar-refractivity contribution >= 4 is 21.6 Å². The normalized spacial score (nSPS) is 26.3. The first kappa shape index (κ1) is 23.1. The first-order chi connectivity index (χ1) is 16.4. The van der Waals surface area contributed by atoms with E-state index in [1.54, 1.807) is 41.3 Å². The number of sulfonamides is 1. The number of aliphatic hydroxyl groups is 1. The van der Waals surface area contributed by atoms with Crippen LogP contribution in [0.1, 0.15) is 24.3 Å². The zero-order valence-electron chi connectivity index (χ0n) is 18.6. The lowest BCUT2D eigenvalue weighted by Gasteiger charge is -2.38. The number of fused-ring (bicyclic) bond motifs is 3. The van der Waals surface area contributed by atoms with Crippen molar-refractivity contribution in [1.82, 2.24) is 4.90 Å². The van der Waals surface area contributed by atoms with E-state index in [0.717, 1.165) is 5.56 Å². The Hall–Kier alpha value is -2.66. The van der Waals surface area contributed by atoms with Gasteiger partial charge in [-0.25, -0.2) is 8.42 Å². The third kappa shape index (κ3) is 4.63. The SMILES string of the molecule is O=C(C[C@@H]1C[C@@H]2c3cc(NS(=O)(=O)c4ccccc4)ccc3O[C@@H]2[C@H](CO)O1)N1CCOCC1. The molecule has 0 aliphatic carbocycles. The number of hydrogen-bond acceptors (Lipinski definition) is 7. The van der Waals surface area contributed by atoms with Gasteiger partial charge in [-0.15, -0.1) is 0 Å². The molecular formula is C24H28N2O7S. The van der Waals surface area contributed by atoms with Crippen molar-refractivity contribution in [2.24, 2.45) is 0 Å². The van der Waals surface area contributed by atoms with E-state index in [1.165, 1.54) is 12.1 Å². The number of nitrogens with zero attached hydrogens (tertiary/aromatic N) is 1. The van der Waals surface area contributed by atoms with Crippen LogP contribution in [0.2, 0.25) is 0 Å². The number of aliphatic hydroxyl groups excluding tert-OH is 1. The Balaban J connectivity index is 1.34. The molecule has 0 bridgehead atoms. The third-order valence-corrected chi connectivity index (χ3v) is 7.97. The topological polar surface area (TPSA) is 114 Å². The molecule has 2 N–H and O–H groups in total. The van der Waals surface area contributed by atoms with E-state index in [-0.39, 0.29) is 35.9 Å². The van der Waals surface area contributed by atoms with Gasteiger partial charge < -0.3 is 24.2 Å². The van der Waals surface area contributed by atoms with Gasteiger partial charge in [0.2, 0.25) is 5.91 Å². The summed E-state index contributed by atoms with van der Waals surface area (Å²) in [5.41, 5.74) is 1.28. The van der Waals surface area contributed by atoms with Crippen LogP contribution < -0.4 is 9.46 Å². The number of carbonyl (C=O) groups excluding carboxylic acids is 1. The fourth-order valence-electron chi connectivity index (χ4n) is 4.90. The van der Waals surface area contributed by atoms with E-state index in [1.807, 2.05) is 0 Å². The van der Waals surface area contributed by atoms with Gasteiger partial charge in [-0.3, -0.25) is 9.52 Å². The maximum absolute atomic E-state index is 12.8. The average Bonchev–Trinajstić information content (AvgIpc) is 3.22. The minimum atomic E-state index is -3.73. The van der Waals surface area contributed by atoms with E-state index in [9.17, 15) is 18.3 Å². The van der Waals surface area contributed by atoms with Gasteiger partial charge in [-0.05, 0) is 36.8 Å². The summed E-state index contributed by atoms with van der Waals surface area (Å²) in [6, 6.07) is 13.3. The second-order valence-corrected chi connectivity index (χ2v) is 10.5. The molecule has 3 aliphatic heterocycles. The van der Waals surface area contributed by atoms with Gasteiger partial charge in [0, 0.05) is 30.3 Å². The lowest BCUT2D eigenvalue weighted by Crippen LogP contribution is -2.48. The van der Waals surface area contributed by atoms with Crippen LogP contribution in [0.4, 0.5) is 5.69 Å². The van der Waals surface area contributed by atoms with E-state index in [4.69, 9.17) is 14.2 Å².